The second-order valence-electron chi connectivity index (χ2n) is 8.17. The van der Waals surface area contributed by atoms with Gasteiger partial charge in [-0.3, -0.25) is 19.4 Å². The predicted octanol–water partition coefficient (Wildman–Crippen LogP) is 0.963. The Morgan fingerprint density at radius 3 is 2.35 bits per heavy atom. The standard InChI is InChI=1S/C25H24N4O5/c30-22(14-20-24(32)28-19(23(31)29-20)12-15-6-2-1-3-7-15)27-21(25(33)34)13-17-11-10-16-8-4-5-9-18(16)26-17/h1-11,19-21H,12-14H2,(H,27,30)(H,28,32)(H,29,31)(H,33,34)/t19-,20-,21-/m0/s1. The number of hydrogen-bond donors (Lipinski definition) is 4. The van der Waals surface area contributed by atoms with Crippen molar-refractivity contribution in [1.29, 1.82) is 0 Å². The highest BCUT2D eigenvalue weighted by Crippen LogP contribution is 2.13. The Morgan fingerprint density at radius 2 is 1.59 bits per heavy atom. The number of aliphatic carboxylic acids is 1. The van der Waals surface area contributed by atoms with Crippen LogP contribution in [0.25, 0.3) is 10.9 Å². The zero-order valence-electron chi connectivity index (χ0n) is 18.2. The summed E-state index contributed by atoms with van der Waals surface area (Å²) in [5, 5.41) is 18.2. The molecule has 0 aliphatic carbocycles. The number of pyridine rings is 1. The third-order valence-corrected chi connectivity index (χ3v) is 5.64. The number of fused-ring (bicyclic) bond motifs is 1. The molecule has 3 amide bonds. The first-order valence-electron chi connectivity index (χ1n) is 10.9. The number of carboxylic acids is 1. The van der Waals surface area contributed by atoms with Gasteiger partial charge in [0.1, 0.15) is 18.1 Å². The van der Waals surface area contributed by atoms with Gasteiger partial charge in [-0.25, -0.2) is 4.79 Å². The van der Waals surface area contributed by atoms with Crippen molar-refractivity contribution in [2.45, 2.75) is 37.4 Å². The van der Waals surface area contributed by atoms with Crippen LogP contribution < -0.4 is 16.0 Å². The Hall–Kier alpha value is -4.27. The molecule has 0 bridgehead atoms. The maximum Gasteiger partial charge on any atom is 0.326 e. The van der Waals surface area contributed by atoms with Crippen LogP contribution in [0.1, 0.15) is 17.7 Å². The van der Waals surface area contributed by atoms with Crippen molar-refractivity contribution < 1.29 is 24.3 Å². The quantitative estimate of drug-likeness (QED) is 0.395. The van der Waals surface area contributed by atoms with Crippen molar-refractivity contribution >= 4 is 34.6 Å². The molecular weight excluding hydrogens is 436 g/mol. The van der Waals surface area contributed by atoms with E-state index in [1.165, 1.54) is 0 Å². The van der Waals surface area contributed by atoms with Crippen LogP contribution in [0.4, 0.5) is 0 Å². The number of para-hydroxylation sites is 1. The van der Waals surface area contributed by atoms with Gasteiger partial charge in [0.05, 0.1) is 11.9 Å². The van der Waals surface area contributed by atoms with Gasteiger partial charge in [-0.05, 0) is 17.7 Å². The number of carbonyl (C=O) groups is 4. The van der Waals surface area contributed by atoms with Gasteiger partial charge < -0.3 is 21.1 Å². The first-order chi connectivity index (χ1) is 16.4. The first-order valence-corrected chi connectivity index (χ1v) is 10.9. The second kappa shape index (κ2) is 10.1. The van der Waals surface area contributed by atoms with Crippen LogP contribution >= 0.6 is 0 Å². The smallest absolute Gasteiger partial charge is 0.326 e. The topological polar surface area (TPSA) is 137 Å². The molecule has 3 atom stereocenters. The first kappa shape index (κ1) is 22.9. The van der Waals surface area contributed by atoms with E-state index in [-0.39, 0.29) is 12.8 Å². The summed E-state index contributed by atoms with van der Waals surface area (Å²) in [6.45, 7) is 0. The summed E-state index contributed by atoms with van der Waals surface area (Å²) >= 11 is 0. The normalized spacial score (nSPS) is 18.6. The lowest BCUT2D eigenvalue weighted by Crippen LogP contribution is -2.63. The Balaban J connectivity index is 1.35. The average Bonchev–Trinajstić information content (AvgIpc) is 2.82. The molecule has 1 aliphatic rings. The van der Waals surface area contributed by atoms with Crippen molar-refractivity contribution in [3.05, 3.63) is 78.0 Å². The monoisotopic (exact) mass is 460 g/mol. The molecule has 4 rings (SSSR count). The molecule has 1 aliphatic heterocycles. The minimum atomic E-state index is -1.23. The number of hydrogen-bond acceptors (Lipinski definition) is 5. The molecule has 0 saturated carbocycles. The van der Waals surface area contributed by atoms with Crippen LogP contribution in [0.2, 0.25) is 0 Å². The van der Waals surface area contributed by atoms with Crippen LogP contribution in [0, 0.1) is 0 Å². The highest BCUT2D eigenvalue weighted by molar-refractivity contribution is 5.99. The minimum absolute atomic E-state index is 0.0196. The van der Waals surface area contributed by atoms with Gasteiger partial charge in [-0.15, -0.1) is 0 Å². The summed E-state index contributed by atoms with van der Waals surface area (Å²) in [6.07, 6.45) is -0.0595. The molecule has 1 saturated heterocycles. The van der Waals surface area contributed by atoms with E-state index in [1.807, 2.05) is 60.7 Å². The molecule has 9 nitrogen and oxygen atoms in total. The lowest BCUT2D eigenvalue weighted by molar-refractivity contribution is -0.142. The van der Waals surface area contributed by atoms with E-state index < -0.39 is 41.8 Å². The number of carboxylic acid groups (broad SMARTS) is 1. The van der Waals surface area contributed by atoms with Gasteiger partial charge in [0.25, 0.3) is 0 Å². The van der Waals surface area contributed by atoms with Crippen molar-refractivity contribution in [3.8, 4) is 0 Å². The molecule has 3 aromatic rings. The molecule has 1 aromatic heterocycles. The highest BCUT2D eigenvalue weighted by atomic mass is 16.4. The van der Waals surface area contributed by atoms with E-state index in [2.05, 4.69) is 20.9 Å². The van der Waals surface area contributed by atoms with Crippen LogP contribution in [-0.2, 0) is 32.0 Å². The summed E-state index contributed by atoms with van der Waals surface area (Å²) in [5.41, 5.74) is 2.13. The number of nitrogens with one attached hydrogen (secondary N) is 3. The van der Waals surface area contributed by atoms with Crippen LogP contribution in [-0.4, -0.2) is 51.9 Å². The third-order valence-electron chi connectivity index (χ3n) is 5.64. The lowest BCUT2D eigenvalue weighted by Gasteiger charge is -2.29. The molecule has 34 heavy (non-hydrogen) atoms. The maximum atomic E-state index is 12.5. The molecule has 0 unspecified atom stereocenters. The molecule has 9 heteroatoms. The number of aromatic nitrogens is 1. The van der Waals surface area contributed by atoms with Gasteiger partial charge in [0.2, 0.25) is 17.7 Å². The molecule has 2 heterocycles. The van der Waals surface area contributed by atoms with E-state index in [1.54, 1.807) is 6.07 Å². The minimum Gasteiger partial charge on any atom is -0.480 e. The number of rotatable bonds is 8. The fourth-order valence-corrected chi connectivity index (χ4v) is 3.88. The molecule has 0 radical (unpaired) electrons. The zero-order chi connectivity index (χ0) is 24.1. The SMILES string of the molecule is O=C(C[C@@H]1NC(=O)[C@H](Cc2ccccc2)NC1=O)N[C@@H](Cc1ccc2ccccc2n1)C(=O)O. The Kier molecular flexibility index (Phi) is 6.82. The van der Waals surface area contributed by atoms with Gasteiger partial charge in [0, 0.05) is 23.9 Å². The summed E-state index contributed by atoms with van der Waals surface area (Å²) in [5.74, 6) is -2.76. The van der Waals surface area contributed by atoms with Crippen LogP contribution in [0.15, 0.2) is 66.7 Å². The Labute approximate surface area is 195 Å². The molecule has 2 aromatic carbocycles. The summed E-state index contributed by atoms with van der Waals surface area (Å²) < 4.78 is 0. The summed E-state index contributed by atoms with van der Waals surface area (Å²) in [6, 6.07) is 17.2. The molecule has 4 N–H and O–H groups in total. The van der Waals surface area contributed by atoms with Gasteiger partial charge in [0.15, 0.2) is 0 Å². The Bertz CT molecular complexity index is 1230. The average molecular weight is 460 g/mol. The molecule has 0 spiro atoms. The molecular formula is C25H24N4O5. The number of benzene rings is 2. The zero-order valence-corrected chi connectivity index (χ0v) is 18.2. The Morgan fingerprint density at radius 1 is 0.912 bits per heavy atom. The van der Waals surface area contributed by atoms with Crippen molar-refractivity contribution in [2.24, 2.45) is 0 Å². The van der Waals surface area contributed by atoms with Crippen LogP contribution in [0.5, 0.6) is 0 Å². The van der Waals surface area contributed by atoms with Crippen molar-refractivity contribution in [1.82, 2.24) is 20.9 Å². The van der Waals surface area contributed by atoms with E-state index in [0.717, 1.165) is 16.5 Å². The largest absolute Gasteiger partial charge is 0.480 e. The van der Waals surface area contributed by atoms with E-state index in [4.69, 9.17) is 0 Å². The fraction of sp³-hybridized carbons (Fsp3) is 0.240. The van der Waals surface area contributed by atoms with E-state index in [0.29, 0.717) is 12.1 Å². The predicted molar refractivity (Wildman–Crippen MR) is 124 cm³/mol. The van der Waals surface area contributed by atoms with Gasteiger partial charge in [-0.1, -0.05) is 54.6 Å². The summed E-state index contributed by atoms with van der Waals surface area (Å²) in [7, 11) is 0. The molecule has 174 valence electrons. The number of nitrogens with zero attached hydrogens (tertiary/aromatic N) is 1. The fourth-order valence-electron chi connectivity index (χ4n) is 3.88. The van der Waals surface area contributed by atoms with Gasteiger partial charge in [-0.2, -0.15) is 0 Å². The van der Waals surface area contributed by atoms with Crippen LogP contribution in [0.3, 0.4) is 0 Å². The van der Waals surface area contributed by atoms with Gasteiger partial charge >= 0.3 is 5.97 Å². The molecule has 1 fully saturated rings. The second-order valence-corrected chi connectivity index (χ2v) is 8.17. The summed E-state index contributed by atoms with van der Waals surface area (Å²) in [4.78, 5) is 53.6. The third kappa shape index (κ3) is 5.55. The number of carbonyl (C=O) groups excluding carboxylic acids is 3. The number of piperazine rings is 1. The van der Waals surface area contributed by atoms with E-state index in [9.17, 15) is 24.3 Å². The van der Waals surface area contributed by atoms with Crippen molar-refractivity contribution in [2.75, 3.05) is 0 Å². The maximum absolute atomic E-state index is 12.5. The number of amides is 3. The lowest BCUT2D eigenvalue weighted by atomic mass is 10.0. The van der Waals surface area contributed by atoms with E-state index >= 15 is 0 Å². The van der Waals surface area contributed by atoms with Crippen molar-refractivity contribution in [3.63, 3.8) is 0 Å². The highest BCUT2D eigenvalue weighted by Gasteiger charge is 2.35.